The summed E-state index contributed by atoms with van der Waals surface area (Å²) >= 11 is 0. The SMILES string of the molecule is CCCCCCCCCCCCCCCCc1ncc[nH]1.Cl. The average Bonchev–Trinajstić information content (AvgIpc) is 3.01. The second kappa shape index (κ2) is 16.9. The zero-order valence-corrected chi connectivity index (χ0v) is 15.4. The van der Waals surface area contributed by atoms with Gasteiger partial charge in [-0.15, -0.1) is 12.4 Å². The summed E-state index contributed by atoms with van der Waals surface area (Å²) in [6.45, 7) is 2.29. The molecule has 0 unspecified atom stereocenters. The van der Waals surface area contributed by atoms with Crippen LogP contribution in [0.25, 0.3) is 0 Å². The minimum Gasteiger partial charge on any atom is -0.349 e. The van der Waals surface area contributed by atoms with Gasteiger partial charge in [-0.25, -0.2) is 4.98 Å². The summed E-state index contributed by atoms with van der Waals surface area (Å²) in [4.78, 5) is 7.43. The highest BCUT2D eigenvalue weighted by atomic mass is 35.5. The Bertz CT molecular complexity index is 298. The molecule has 1 aromatic rings. The van der Waals surface area contributed by atoms with E-state index in [0.717, 1.165) is 12.2 Å². The van der Waals surface area contributed by atoms with Crippen molar-refractivity contribution in [3.8, 4) is 0 Å². The second-order valence-corrected chi connectivity index (χ2v) is 6.38. The zero-order chi connectivity index (χ0) is 15.0. The van der Waals surface area contributed by atoms with E-state index in [1.807, 2.05) is 12.4 Å². The van der Waals surface area contributed by atoms with Crippen molar-refractivity contribution < 1.29 is 0 Å². The van der Waals surface area contributed by atoms with Crippen LogP contribution in [0.2, 0.25) is 0 Å². The molecule has 1 N–H and O–H groups in total. The van der Waals surface area contributed by atoms with Crippen molar-refractivity contribution in [3.05, 3.63) is 18.2 Å². The van der Waals surface area contributed by atoms with E-state index >= 15 is 0 Å². The maximum atomic E-state index is 4.26. The maximum absolute atomic E-state index is 4.26. The minimum absolute atomic E-state index is 0. The van der Waals surface area contributed by atoms with Crippen LogP contribution in [0.1, 0.15) is 103 Å². The molecule has 1 aromatic heterocycles. The molecule has 0 saturated carbocycles. The van der Waals surface area contributed by atoms with Crippen molar-refractivity contribution in [2.75, 3.05) is 0 Å². The number of hydrogen-bond donors (Lipinski definition) is 1. The van der Waals surface area contributed by atoms with Crippen molar-refractivity contribution in [3.63, 3.8) is 0 Å². The fourth-order valence-electron chi connectivity index (χ4n) is 2.92. The molecule has 0 saturated heterocycles. The Hall–Kier alpha value is -0.500. The molecule has 0 spiro atoms. The third kappa shape index (κ3) is 13.2. The van der Waals surface area contributed by atoms with Gasteiger partial charge in [0, 0.05) is 18.8 Å². The highest BCUT2D eigenvalue weighted by molar-refractivity contribution is 5.85. The number of imidazole rings is 1. The molecule has 0 aliphatic heterocycles. The monoisotopic (exact) mass is 328 g/mol. The van der Waals surface area contributed by atoms with Crippen LogP contribution in [0.4, 0.5) is 0 Å². The molecular weight excluding hydrogens is 292 g/mol. The number of nitrogens with zero attached hydrogens (tertiary/aromatic N) is 1. The number of aromatic amines is 1. The standard InChI is InChI=1S/C19H36N2.ClH/c1-2-3-4-5-6-7-8-9-10-11-12-13-14-15-16-19-20-17-18-21-19;/h17-18H,2-16H2,1H3,(H,20,21);1H. The van der Waals surface area contributed by atoms with Crippen LogP contribution < -0.4 is 0 Å². The van der Waals surface area contributed by atoms with Gasteiger partial charge in [0.05, 0.1) is 0 Å². The van der Waals surface area contributed by atoms with E-state index in [1.165, 1.54) is 89.9 Å². The topological polar surface area (TPSA) is 28.7 Å². The van der Waals surface area contributed by atoms with Gasteiger partial charge in [0.1, 0.15) is 5.82 Å². The number of H-pyrrole nitrogens is 1. The van der Waals surface area contributed by atoms with E-state index in [4.69, 9.17) is 0 Å². The number of rotatable bonds is 15. The number of nitrogens with one attached hydrogen (secondary N) is 1. The highest BCUT2D eigenvalue weighted by Crippen LogP contribution is 2.13. The Morgan fingerprint density at radius 3 is 1.59 bits per heavy atom. The first kappa shape index (κ1) is 21.5. The molecule has 0 bridgehead atoms. The van der Waals surface area contributed by atoms with Gasteiger partial charge in [-0.3, -0.25) is 0 Å². The summed E-state index contributed by atoms with van der Waals surface area (Å²) in [7, 11) is 0. The van der Waals surface area contributed by atoms with Crippen LogP contribution in [0.15, 0.2) is 12.4 Å². The molecule has 1 heterocycles. The molecule has 0 aromatic carbocycles. The van der Waals surface area contributed by atoms with Gasteiger partial charge in [-0.05, 0) is 6.42 Å². The molecular formula is C19H37ClN2. The molecule has 0 atom stereocenters. The van der Waals surface area contributed by atoms with Gasteiger partial charge in [0.15, 0.2) is 0 Å². The summed E-state index contributed by atoms with van der Waals surface area (Å²) in [5, 5.41) is 0. The molecule has 0 aliphatic rings. The summed E-state index contributed by atoms with van der Waals surface area (Å²) in [6, 6.07) is 0. The predicted octanol–water partition coefficient (Wildman–Crippen LogP) is 6.86. The summed E-state index contributed by atoms with van der Waals surface area (Å²) < 4.78 is 0. The quantitative estimate of drug-likeness (QED) is 0.350. The fourth-order valence-corrected chi connectivity index (χ4v) is 2.92. The molecule has 1 rings (SSSR count). The average molecular weight is 329 g/mol. The Morgan fingerprint density at radius 1 is 0.727 bits per heavy atom. The van der Waals surface area contributed by atoms with Crippen LogP contribution in [0, 0.1) is 0 Å². The lowest BCUT2D eigenvalue weighted by molar-refractivity contribution is 0.535. The molecule has 0 radical (unpaired) electrons. The predicted molar refractivity (Wildman–Crippen MR) is 99.9 cm³/mol. The lowest BCUT2D eigenvalue weighted by atomic mass is 10.0. The zero-order valence-electron chi connectivity index (χ0n) is 14.6. The van der Waals surface area contributed by atoms with Crippen LogP contribution in [-0.4, -0.2) is 9.97 Å². The number of aromatic nitrogens is 2. The van der Waals surface area contributed by atoms with Crippen molar-refractivity contribution in [2.24, 2.45) is 0 Å². The van der Waals surface area contributed by atoms with E-state index in [9.17, 15) is 0 Å². The van der Waals surface area contributed by atoms with Crippen LogP contribution >= 0.6 is 12.4 Å². The van der Waals surface area contributed by atoms with E-state index in [2.05, 4.69) is 16.9 Å². The largest absolute Gasteiger partial charge is 0.349 e. The number of hydrogen-bond acceptors (Lipinski definition) is 1. The maximum Gasteiger partial charge on any atom is 0.105 e. The molecule has 2 nitrogen and oxygen atoms in total. The number of aryl methyl sites for hydroxylation is 1. The first-order valence-electron chi connectivity index (χ1n) is 9.41. The normalized spacial score (nSPS) is 10.6. The second-order valence-electron chi connectivity index (χ2n) is 6.38. The van der Waals surface area contributed by atoms with Crippen molar-refractivity contribution >= 4 is 12.4 Å². The third-order valence-corrected chi connectivity index (χ3v) is 4.32. The lowest BCUT2D eigenvalue weighted by Gasteiger charge is -2.03. The van der Waals surface area contributed by atoms with Crippen LogP contribution in [-0.2, 0) is 6.42 Å². The van der Waals surface area contributed by atoms with Gasteiger partial charge in [-0.2, -0.15) is 0 Å². The van der Waals surface area contributed by atoms with E-state index in [1.54, 1.807) is 0 Å². The molecule has 3 heteroatoms. The summed E-state index contributed by atoms with van der Waals surface area (Å²) in [5.41, 5.74) is 0. The minimum atomic E-state index is 0. The molecule has 22 heavy (non-hydrogen) atoms. The summed E-state index contributed by atoms with van der Waals surface area (Å²) in [6.07, 6.45) is 24.8. The highest BCUT2D eigenvalue weighted by Gasteiger charge is 1.96. The molecule has 0 aliphatic carbocycles. The number of unbranched alkanes of at least 4 members (excludes halogenated alkanes) is 13. The summed E-state index contributed by atoms with van der Waals surface area (Å²) in [5.74, 6) is 1.15. The first-order valence-corrected chi connectivity index (χ1v) is 9.41. The van der Waals surface area contributed by atoms with Gasteiger partial charge < -0.3 is 4.98 Å². The van der Waals surface area contributed by atoms with Gasteiger partial charge in [0.25, 0.3) is 0 Å². The van der Waals surface area contributed by atoms with E-state index < -0.39 is 0 Å². The first-order chi connectivity index (χ1) is 10.4. The fraction of sp³-hybridized carbons (Fsp3) is 0.842. The molecule has 130 valence electrons. The van der Waals surface area contributed by atoms with Gasteiger partial charge in [0.2, 0.25) is 0 Å². The van der Waals surface area contributed by atoms with Gasteiger partial charge >= 0.3 is 0 Å². The Morgan fingerprint density at radius 2 is 1.18 bits per heavy atom. The van der Waals surface area contributed by atoms with Crippen molar-refractivity contribution in [1.29, 1.82) is 0 Å². The van der Waals surface area contributed by atoms with Crippen molar-refractivity contribution in [2.45, 2.75) is 103 Å². The van der Waals surface area contributed by atoms with Gasteiger partial charge in [-0.1, -0.05) is 90.4 Å². The van der Waals surface area contributed by atoms with Crippen LogP contribution in [0.5, 0.6) is 0 Å². The number of halogens is 1. The van der Waals surface area contributed by atoms with Crippen molar-refractivity contribution in [1.82, 2.24) is 9.97 Å². The Balaban J connectivity index is 0.00000441. The molecule has 0 amide bonds. The smallest absolute Gasteiger partial charge is 0.105 e. The van der Waals surface area contributed by atoms with Crippen LogP contribution in [0.3, 0.4) is 0 Å². The Kier molecular flexibility index (Phi) is 16.5. The Labute approximate surface area is 144 Å². The van der Waals surface area contributed by atoms with E-state index in [0.29, 0.717) is 0 Å². The lowest BCUT2D eigenvalue weighted by Crippen LogP contribution is -1.88. The molecule has 0 fully saturated rings. The van der Waals surface area contributed by atoms with E-state index in [-0.39, 0.29) is 12.4 Å². The third-order valence-electron chi connectivity index (χ3n) is 4.32.